The second-order valence-corrected chi connectivity index (χ2v) is 4.43. The molecule has 19 heavy (non-hydrogen) atoms. The molecule has 1 amide bonds. The van der Waals surface area contributed by atoms with Crippen molar-refractivity contribution in [3.63, 3.8) is 0 Å². The zero-order chi connectivity index (χ0) is 13.8. The van der Waals surface area contributed by atoms with E-state index < -0.39 is 5.82 Å². The van der Waals surface area contributed by atoms with Crippen molar-refractivity contribution in [3.05, 3.63) is 17.9 Å². The number of hydrogen-bond acceptors (Lipinski definition) is 4. The standard InChI is InChI=1S/C13H18FN3O2/c1-2-19-12-7-11(9(15)6-8(12)14)17-10-4-3-5-16-13(10)18/h6-7,10,17H,2-5,15H2,1H3,(H,16,18). The maximum Gasteiger partial charge on any atom is 0.242 e. The Labute approximate surface area is 111 Å². The van der Waals surface area contributed by atoms with Gasteiger partial charge in [0, 0.05) is 18.7 Å². The Morgan fingerprint density at radius 3 is 3.05 bits per heavy atom. The lowest BCUT2D eigenvalue weighted by Crippen LogP contribution is -2.44. The first-order valence-corrected chi connectivity index (χ1v) is 6.38. The predicted molar refractivity (Wildman–Crippen MR) is 71.6 cm³/mol. The van der Waals surface area contributed by atoms with Gasteiger partial charge in [0.2, 0.25) is 5.91 Å². The second-order valence-electron chi connectivity index (χ2n) is 4.43. The van der Waals surface area contributed by atoms with E-state index >= 15 is 0 Å². The SMILES string of the molecule is CCOc1cc(NC2CCCNC2=O)c(N)cc1F. The van der Waals surface area contributed by atoms with Crippen molar-refractivity contribution in [3.8, 4) is 5.75 Å². The van der Waals surface area contributed by atoms with Crippen molar-refractivity contribution in [1.29, 1.82) is 0 Å². The van der Waals surface area contributed by atoms with Crippen LogP contribution in [0.25, 0.3) is 0 Å². The molecule has 2 rings (SSSR count). The number of ether oxygens (including phenoxy) is 1. The Balaban J connectivity index is 2.19. The Kier molecular flexibility index (Phi) is 4.09. The first kappa shape index (κ1) is 13.5. The summed E-state index contributed by atoms with van der Waals surface area (Å²) in [5.74, 6) is -0.429. The molecular weight excluding hydrogens is 249 g/mol. The molecule has 0 radical (unpaired) electrons. The minimum atomic E-state index is -0.502. The number of nitrogen functional groups attached to an aromatic ring is 1. The average Bonchev–Trinajstić information content (AvgIpc) is 2.38. The third kappa shape index (κ3) is 3.07. The van der Waals surface area contributed by atoms with Gasteiger partial charge < -0.3 is 21.1 Å². The van der Waals surface area contributed by atoms with Gasteiger partial charge in [-0.25, -0.2) is 4.39 Å². The minimum Gasteiger partial charge on any atom is -0.491 e. The number of halogens is 1. The highest BCUT2D eigenvalue weighted by atomic mass is 19.1. The number of piperidine rings is 1. The molecule has 1 aromatic rings. The quantitative estimate of drug-likeness (QED) is 0.722. The maximum absolute atomic E-state index is 13.6. The molecule has 0 spiro atoms. The predicted octanol–water partition coefficient (Wildman–Crippen LogP) is 1.50. The van der Waals surface area contributed by atoms with Gasteiger partial charge in [0.15, 0.2) is 11.6 Å². The molecule has 1 saturated heterocycles. The molecular formula is C13H18FN3O2. The smallest absolute Gasteiger partial charge is 0.242 e. The number of nitrogens with one attached hydrogen (secondary N) is 2. The summed E-state index contributed by atoms with van der Waals surface area (Å²) in [7, 11) is 0. The van der Waals surface area contributed by atoms with Crippen LogP contribution in [0.15, 0.2) is 12.1 Å². The lowest BCUT2D eigenvalue weighted by atomic mass is 10.1. The molecule has 1 unspecified atom stereocenters. The molecule has 104 valence electrons. The largest absolute Gasteiger partial charge is 0.491 e. The molecule has 0 bridgehead atoms. The summed E-state index contributed by atoms with van der Waals surface area (Å²) in [4.78, 5) is 11.7. The Hall–Kier alpha value is -1.98. The summed E-state index contributed by atoms with van der Waals surface area (Å²) in [5, 5.41) is 5.82. The van der Waals surface area contributed by atoms with E-state index in [1.807, 2.05) is 0 Å². The maximum atomic E-state index is 13.6. The van der Waals surface area contributed by atoms with Gasteiger partial charge >= 0.3 is 0 Å². The summed E-state index contributed by atoms with van der Waals surface area (Å²) < 4.78 is 18.7. The number of benzene rings is 1. The van der Waals surface area contributed by atoms with Gasteiger partial charge in [-0.3, -0.25) is 4.79 Å². The molecule has 1 aliphatic rings. The van der Waals surface area contributed by atoms with Crippen LogP contribution in [-0.4, -0.2) is 25.1 Å². The van der Waals surface area contributed by atoms with Crippen molar-refractivity contribution < 1.29 is 13.9 Å². The van der Waals surface area contributed by atoms with E-state index in [1.165, 1.54) is 12.1 Å². The first-order chi connectivity index (χ1) is 9.11. The Morgan fingerprint density at radius 1 is 1.58 bits per heavy atom. The summed E-state index contributed by atoms with van der Waals surface area (Å²) in [5.41, 5.74) is 6.54. The van der Waals surface area contributed by atoms with Crippen molar-refractivity contribution in [1.82, 2.24) is 5.32 Å². The van der Waals surface area contributed by atoms with Crippen LogP contribution in [0.2, 0.25) is 0 Å². The molecule has 4 N–H and O–H groups in total. The van der Waals surface area contributed by atoms with E-state index in [0.29, 0.717) is 18.8 Å². The molecule has 0 aliphatic carbocycles. The number of carbonyl (C=O) groups excluding carboxylic acids is 1. The number of carbonyl (C=O) groups is 1. The number of nitrogens with two attached hydrogens (primary N) is 1. The lowest BCUT2D eigenvalue weighted by Gasteiger charge is -2.24. The van der Waals surface area contributed by atoms with E-state index in [9.17, 15) is 9.18 Å². The average molecular weight is 267 g/mol. The fourth-order valence-corrected chi connectivity index (χ4v) is 2.06. The second kappa shape index (κ2) is 5.77. The summed E-state index contributed by atoms with van der Waals surface area (Å²) >= 11 is 0. The van der Waals surface area contributed by atoms with Crippen molar-refractivity contribution in [2.45, 2.75) is 25.8 Å². The van der Waals surface area contributed by atoms with Crippen molar-refractivity contribution >= 4 is 17.3 Å². The third-order valence-corrected chi connectivity index (χ3v) is 3.02. The highest BCUT2D eigenvalue weighted by Crippen LogP contribution is 2.29. The number of hydrogen-bond donors (Lipinski definition) is 3. The van der Waals surface area contributed by atoms with E-state index in [2.05, 4.69) is 10.6 Å². The van der Waals surface area contributed by atoms with E-state index in [0.717, 1.165) is 12.8 Å². The van der Waals surface area contributed by atoms with Crippen LogP contribution < -0.4 is 21.1 Å². The van der Waals surface area contributed by atoms with Crippen LogP contribution in [-0.2, 0) is 4.79 Å². The van der Waals surface area contributed by atoms with Gasteiger partial charge in [0.05, 0.1) is 18.0 Å². The van der Waals surface area contributed by atoms with Crippen molar-refractivity contribution in [2.75, 3.05) is 24.2 Å². The molecule has 1 aromatic carbocycles. The fraction of sp³-hybridized carbons (Fsp3) is 0.462. The fourth-order valence-electron chi connectivity index (χ4n) is 2.06. The summed E-state index contributed by atoms with van der Waals surface area (Å²) in [6, 6.07) is 2.36. The highest BCUT2D eigenvalue weighted by Gasteiger charge is 2.22. The van der Waals surface area contributed by atoms with Gasteiger partial charge in [0.25, 0.3) is 0 Å². The number of anilines is 2. The molecule has 1 aliphatic heterocycles. The van der Waals surface area contributed by atoms with E-state index in [1.54, 1.807) is 6.92 Å². The van der Waals surface area contributed by atoms with Crippen LogP contribution in [0.1, 0.15) is 19.8 Å². The molecule has 1 fully saturated rings. The number of amides is 1. The summed E-state index contributed by atoms with van der Waals surface area (Å²) in [6.07, 6.45) is 1.63. The van der Waals surface area contributed by atoms with Gasteiger partial charge in [0.1, 0.15) is 6.04 Å². The van der Waals surface area contributed by atoms with Crippen molar-refractivity contribution in [2.24, 2.45) is 0 Å². The van der Waals surface area contributed by atoms with Gasteiger partial charge in [-0.15, -0.1) is 0 Å². The zero-order valence-electron chi connectivity index (χ0n) is 10.8. The monoisotopic (exact) mass is 267 g/mol. The van der Waals surface area contributed by atoms with E-state index in [-0.39, 0.29) is 23.4 Å². The zero-order valence-corrected chi connectivity index (χ0v) is 10.8. The van der Waals surface area contributed by atoms with Crippen LogP contribution >= 0.6 is 0 Å². The molecule has 0 saturated carbocycles. The first-order valence-electron chi connectivity index (χ1n) is 6.38. The normalized spacial score (nSPS) is 18.8. The van der Waals surface area contributed by atoms with Crippen LogP contribution in [0, 0.1) is 5.82 Å². The molecule has 1 atom stereocenters. The Bertz CT molecular complexity index is 479. The Morgan fingerprint density at radius 2 is 2.37 bits per heavy atom. The van der Waals surface area contributed by atoms with Gasteiger partial charge in [-0.2, -0.15) is 0 Å². The van der Waals surface area contributed by atoms with Crippen LogP contribution in [0.4, 0.5) is 15.8 Å². The third-order valence-electron chi connectivity index (χ3n) is 3.02. The molecule has 0 aromatic heterocycles. The lowest BCUT2D eigenvalue weighted by molar-refractivity contribution is -0.123. The minimum absolute atomic E-state index is 0.0621. The van der Waals surface area contributed by atoms with Gasteiger partial charge in [-0.1, -0.05) is 0 Å². The van der Waals surface area contributed by atoms with Crippen LogP contribution in [0.5, 0.6) is 5.75 Å². The molecule has 5 nitrogen and oxygen atoms in total. The van der Waals surface area contributed by atoms with E-state index in [4.69, 9.17) is 10.5 Å². The number of rotatable bonds is 4. The van der Waals surface area contributed by atoms with Crippen LogP contribution in [0.3, 0.4) is 0 Å². The summed E-state index contributed by atoms with van der Waals surface area (Å²) in [6.45, 7) is 2.84. The topological polar surface area (TPSA) is 76.4 Å². The highest BCUT2D eigenvalue weighted by molar-refractivity contribution is 5.86. The molecule has 6 heteroatoms. The molecule has 1 heterocycles. The van der Waals surface area contributed by atoms with Gasteiger partial charge in [-0.05, 0) is 19.8 Å².